The minimum atomic E-state index is -4.52. The van der Waals surface area contributed by atoms with Gasteiger partial charge in [-0.15, -0.1) is 0 Å². The normalized spacial score (nSPS) is 17.8. The summed E-state index contributed by atoms with van der Waals surface area (Å²) in [5.74, 6) is -2.53. The monoisotopic (exact) mass is 344 g/mol. The van der Waals surface area contributed by atoms with Crippen LogP contribution in [0.25, 0.3) is 0 Å². The molecular weight excluding hydrogens is 329 g/mol. The van der Waals surface area contributed by atoms with Crippen molar-refractivity contribution in [1.82, 2.24) is 5.32 Å². The topological polar surface area (TPSA) is 75.7 Å². The lowest BCUT2D eigenvalue weighted by molar-refractivity contribution is -0.152. The molecule has 0 saturated carbocycles. The number of halogens is 3. The number of hydrogen-bond acceptors (Lipinski definition) is 4. The van der Waals surface area contributed by atoms with Gasteiger partial charge in [0.15, 0.2) is 6.61 Å². The van der Waals surface area contributed by atoms with E-state index in [1.807, 2.05) is 0 Å². The molecule has 9 heteroatoms. The molecule has 1 aliphatic rings. The number of alkyl halides is 3. The van der Waals surface area contributed by atoms with Gasteiger partial charge in [0.05, 0.1) is 11.5 Å². The summed E-state index contributed by atoms with van der Waals surface area (Å²) in [5.41, 5.74) is -0.810. The minimum absolute atomic E-state index is 0.0661. The highest BCUT2D eigenvalue weighted by molar-refractivity contribution is 5.99. The van der Waals surface area contributed by atoms with Gasteiger partial charge in [0.25, 0.3) is 5.91 Å². The number of esters is 1. The van der Waals surface area contributed by atoms with Gasteiger partial charge in [0.2, 0.25) is 5.91 Å². The van der Waals surface area contributed by atoms with Gasteiger partial charge in [0.1, 0.15) is 0 Å². The number of carbonyl (C=O) groups is 3. The van der Waals surface area contributed by atoms with E-state index in [-0.39, 0.29) is 18.7 Å². The maximum absolute atomic E-state index is 12.8. The predicted octanol–water partition coefficient (Wildman–Crippen LogP) is 1.35. The molecule has 1 fully saturated rings. The molecule has 0 radical (unpaired) electrons. The van der Waals surface area contributed by atoms with Gasteiger partial charge in [-0.05, 0) is 18.2 Å². The molecule has 1 atom stereocenters. The molecule has 1 saturated heterocycles. The summed E-state index contributed by atoms with van der Waals surface area (Å²) in [6.45, 7) is -0.559. The number of amides is 2. The first-order valence-electron chi connectivity index (χ1n) is 7.07. The van der Waals surface area contributed by atoms with E-state index in [2.05, 4.69) is 5.32 Å². The summed E-state index contributed by atoms with van der Waals surface area (Å²) in [7, 11) is 1.38. The lowest BCUT2D eigenvalue weighted by Gasteiger charge is -2.18. The summed E-state index contributed by atoms with van der Waals surface area (Å²) >= 11 is 0. The average molecular weight is 344 g/mol. The Morgan fingerprint density at radius 3 is 2.71 bits per heavy atom. The number of carbonyl (C=O) groups excluding carboxylic acids is 3. The number of hydrogen-bond donors (Lipinski definition) is 1. The molecule has 1 aliphatic heterocycles. The van der Waals surface area contributed by atoms with Crippen LogP contribution >= 0.6 is 0 Å². The molecule has 0 spiro atoms. The number of nitrogens with one attached hydrogen (secondary N) is 1. The van der Waals surface area contributed by atoms with Crippen molar-refractivity contribution < 1.29 is 32.3 Å². The summed E-state index contributed by atoms with van der Waals surface area (Å²) in [5, 5.41) is 2.27. The maximum Gasteiger partial charge on any atom is 0.416 e. The zero-order valence-electron chi connectivity index (χ0n) is 12.7. The molecule has 130 valence electrons. The van der Waals surface area contributed by atoms with Gasteiger partial charge in [-0.3, -0.25) is 14.4 Å². The predicted molar refractivity (Wildman–Crippen MR) is 76.9 cm³/mol. The molecule has 1 N–H and O–H groups in total. The molecule has 2 amide bonds. The Balaban J connectivity index is 2.07. The maximum atomic E-state index is 12.8. The van der Waals surface area contributed by atoms with E-state index in [9.17, 15) is 27.6 Å². The van der Waals surface area contributed by atoms with E-state index in [4.69, 9.17) is 4.74 Å². The zero-order valence-corrected chi connectivity index (χ0v) is 12.7. The van der Waals surface area contributed by atoms with E-state index < -0.39 is 42.0 Å². The van der Waals surface area contributed by atoms with Crippen molar-refractivity contribution >= 4 is 23.5 Å². The number of nitrogens with zero attached hydrogens (tertiary/aromatic N) is 1. The fourth-order valence-corrected chi connectivity index (χ4v) is 2.29. The third-order valence-corrected chi connectivity index (χ3v) is 3.57. The van der Waals surface area contributed by atoms with Crippen molar-refractivity contribution in [2.75, 3.05) is 25.1 Å². The first-order chi connectivity index (χ1) is 11.2. The van der Waals surface area contributed by atoms with Gasteiger partial charge < -0.3 is 15.0 Å². The van der Waals surface area contributed by atoms with Crippen molar-refractivity contribution in [2.45, 2.75) is 12.6 Å². The second-order valence-electron chi connectivity index (χ2n) is 5.23. The van der Waals surface area contributed by atoms with Gasteiger partial charge in [-0.1, -0.05) is 6.07 Å². The van der Waals surface area contributed by atoms with Gasteiger partial charge in [0, 0.05) is 25.7 Å². The second kappa shape index (κ2) is 6.90. The summed E-state index contributed by atoms with van der Waals surface area (Å²) in [6.07, 6.45) is -4.70. The van der Waals surface area contributed by atoms with Crippen molar-refractivity contribution in [3.63, 3.8) is 0 Å². The van der Waals surface area contributed by atoms with E-state index in [1.54, 1.807) is 0 Å². The molecule has 0 aliphatic carbocycles. The van der Waals surface area contributed by atoms with Crippen molar-refractivity contribution in [1.29, 1.82) is 0 Å². The molecular formula is C15H15F3N2O4. The molecule has 0 aromatic heterocycles. The first kappa shape index (κ1) is 17.8. The molecule has 1 aromatic carbocycles. The van der Waals surface area contributed by atoms with Crippen LogP contribution in [0.3, 0.4) is 0 Å². The highest BCUT2D eigenvalue weighted by Gasteiger charge is 2.37. The number of rotatable bonds is 4. The zero-order chi connectivity index (χ0) is 17.9. The van der Waals surface area contributed by atoms with E-state index in [0.717, 1.165) is 17.0 Å². The molecule has 6 nitrogen and oxygen atoms in total. The van der Waals surface area contributed by atoms with Crippen LogP contribution in [0.15, 0.2) is 24.3 Å². The molecule has 2 rings (SSSR count). The Labute approximate surface area is 135 Å². The Bertz CT molecular complexity index is 660. The minimum Gasteiger partial charge on any atom is -0.455 e. The third-order valence-electron chi connectivity index (χ3n) is 3.57. The van der Waals surface area contributed by atoms with Crippen LogP contribution < -0.4 is 10.2 Å². The average Bonchev–Trinajstić information content (AvgIpc) is 2.93. The molecule has 1 heterocycles. The SMILES string of the molecule is CNC(=O)COC(=O)[C@H]1CC(=O)N(c2cccc(C(F)(F)F)c2)C1. The van der Waals surface area contributed by atoms with Crippen LogP contribution in [-0.4, -0.2) is 38.0 Å². The van der Waals surface area contributed by atoms with Crippen molar-refractivity contribution in [3.05, 3.63) is 29.8 Å². The summed E-state index contributed by atoms with van der Waals surface area (Å²) < 4.78 is 43.0. The number of likely N-dealkylation sites (N-methyl/N-ethyl adjacent to an activating group) is 1. The Kier molecular flexibility index (Phi) is 5.10. The quantitative estimate of drug-likeness (QED) is 0.837. The lowest BCUT2D eigenvalue weighted by Crippen LogP contribution is -2.29. The highest BCUT2D eigenvalue weighted by atomic mass is 19.4. The number of benzene rings is 1. The standard InChI is InChI=1S/C15H15F3N2O4/c1-19-12(21)8-24-14(23)9-5-13(22)20(7-9)11-4-2-3-10(6-11)15(16,17)18/h2-4,6,9H,5,7-8H2,1H3,(H,19,21)/t9-/m0/s1. The second-order valence-corrected chi connectivity index (χ2v) is 5.23. The first-order valence-corrected chi connectivity index (χ1v) is 7.07. The van der Waals surface area contributed by atoms with E-state index >= 15 is 0 Å². The van der Waals surface area contributed by atoms with Crippen LogP contribution in [0, 0.1) is 5.92 Å². The van der Waals surface area contributed by atoms with Crippen LogP contribution in [0.5, 0.6) is 0 Å². The van der Waals surface area contributed by atoms with Crippen molar-refractivity contribution in [3.8, 4) is 0 Å². The van der Waals surface area contributed by atoms with Crippen LogP contribution in [-0.2, 0) is 25.3 Å². The largest absolute Gasteiger partial charge is 0.455 e. The number of ether oxygens (including phenoxy) is 1. The molecule has 1 aromatic rings. The fraction of sp³-hybridized carbons (Fsp3) is 0.400. The molecule has 0 bridgehead atoms. The Morgan fingerprint density at radius 2 is 2.08 bits per heavy atom. The lowest BCUT2D eigenvalue weighted by atomic mass is 10.1. The highest BCUT2D eigenvalue weighted by Crippen LogP contribution is 2.33. The van der Waals surface area contributed by atoms with Crippen LogP contribution in [0.1, 0.15) is 12.0 Å². The third kappa shape index (κ3) is 4.03. The van der Waals surface area contributed by atoms with Crippen LogP contribution in [0.2, 0.25) is 0 Å². The number of anilines is 1. The van der Waals surface area contributed by atoms with Gasteiger partial charge in [-0.2, -0.15) is 13.2 Å². The Hall–Kier alpha value is -2.58. The Morgan fingerprint density at radius 1 is 1.38 bits per heavy atom. The van der Waals surface area contributed by atoms with Crippen LogP contribution in [0.4, 0.5) is 18.9 Å². The van der Waals surface area contributed by atoms with Gasteiger partial charge in [-0.25, -0.2) is 0 Å². The smallest absolute Gasteiger partial charge is 0.416 e. The summed E-state index contributed by atoms with van der Waals surface area (Å²) in [4.78, 5) is 36.0. The van der Waals surface area contributed by atoms with E-state index in [1.165, 1.54) is 19.2 Å². The van der Waals surface area contributed by atoms with Gasteiger partial charge >= 0.3 is 12.1 Å². The van der Waals surface area contributed by atoms with Crippen molar-refractivity contribution in [2.24, 2.45) is 5.92 Å². The molecule has 24 heavy (non-hydrogen) atoms. The fourth-order valence-electron chi connectivity index (χ4n) is 2.29. The van der Waals surface area contributed by atoms with E-state index in [0.29, 0.717) is 0 Å². The molecule has 0 unspecified atom stereocenters. The summed E-state index contributed by atoms with van der Waals surface area (Å²) in [6, 6.07) is 4.32.